The fraction of sp³-hybridized carbons (Fsp3) is 0.529. The molecule has 1 aliphatic heterocycles. The zero-order valence-corrected chi connectivity index (χ0v) is 13.4. The van der Waals surface area contributed by atoms with E-state index in [9.17, 15) is 5.11 Å². The van der Waals surface area contributed by atoms with E-state index < -0.39 is 0 Å². The normalized spacial score (nSPS) is 22.9. The summed E-state index contributed by atoms with van der Waals surface area (Å²) in [6, 6.07) is 10.1. The molecule has 0 radical (unpaired) electrons. The first-order valence-electron chi connectivity index (χ1n) is 7.88. The molecule has 5 heteroatoms. The van der Waals surface area contributed by atoms with Crippen LogP contribution in [-0.2, 0) is 13.6 Å². The molecule has 1 aromatic carbocycles. The van der Waals surface area contributed by atoms with Crippen molar-refractivity contribution in [1.29, 1.82) is 0 Å². The van der Waals surface area contributed by atoms with Gasteiger partial charge in [0.15, 0.2) is 5.82 Å². The number of nitrogens with zero attached hydrogens (tertiary/aromatic N) is 4. The molecule has 1 saturated heterocycles. The molecule has 0 aliphatic carbocycles. The Kier molecular flexibility index (Phi) is 4.27. The van der Waals surface area contributed by atoms with Gasteiger partial charge in [0.25, 0.3) is 0 Å². The Morgan fingerprint density at radius 3 is 2.73 bits per heavy atom. The number of aliphatic hydroxyl groups is 1. The Balaban J connectivity index is 1.75. The van der Waals surface area contributed by atoms with Gasteiger partial charge in [-0.3, -0.25) is 4.90 Å². The first kappa shape index (κ1) is 15.2. The Bertz CT molecular complexity index is 625. The predicted molar refractivity (Wildman–Crippen MR) is 86.1 cm³/mol. The number of aliphatic hydroxyl groups excluding tert-OH is 1. The van der Waals surface area contributed by atoms with Gasteiger partial charge in [-0.05, 0) is 19.4 Å². The van der Waals surface area contributed by atoms with E-state index in [2.05, 4.69) is 38.7 Å². The van der Waals surface area contributed by atoms with E-state index in [4.69, 9.17) is 0 Å². The molecule has 0 spiro atoms. The highest BCUT2D eigenvalue weighted by Crippen LogP contribution is 2.29. The fourth-order valence-corrected chi connectivity index (χ4v) is 3.23. The van der Waals surface area contributed by atoms with E-state index in [1.807, 2.05) is 25.2 Å². The van der Waals surface area contributed by atoms with Gasteiger partial charge in [-0.15, -0.1) is 10.2 Å². The number of hydrogen-bond donors (Lipinski definition) is 1. The number of hydrogen-bond acceptors (Lipinski definition) is 4. The van der Waals surface area contributed by atoms with Gasteiger partial charge in [0.1, 0.15) is 5.82 Å². The van der Waals surface area contributed by atoms with E-state index in [1.165, 1.54) is 0 Å². The van der Waals surface area contributed by atoms with E-state index in [1.54, 1.807) is 0 Å². The third-order valence-electron chi connectivity index (χ3n) is 4.60. The van der Waals surface area contributed by atoms with Crippen LogP contribution in [0, 0.1) is 5.41 Å². The van der Waals surface area contributed by atoms with E-state index in [0.29, 0.717) is 0 Å². The van der Waals surface area contributed by atoms with Crippen LogP contribution in [0.5, 0.6) is 0 Å². The first-order valence-corrected chi connectivity index (χ1v) is 7.88. The molecule has 0 bridgehead atoms. The molecule has 1 unspecified atom stereocenters. The van der Waals surface area contributed by atoms with Gasteiger partial charge in [0.05, 0.1) is 6.54 Å². The smallest absolute Gasteiger partial charge is 0.163 e. The maximum absolute atomic E-state index is 9.58. The Labute approximate surface area is 131 Å². The molecule has 5 nitrogen and oxygen atoms in total. The average Bonchev–Trinajstić information content (AvgIpc) is 2.89. The zero-order valence-electron chi connectivity index (χ0n) is 13.4. The number of rotatable bonds is 4. The molecular formula is C17H24N4O. The van der Waals surface area contributed by atoms with Crippen molar-refractivity contribution in [3.8, 4) is 11.4 Å². The molecule has 1 atom stereocenters. The Morgan fingerprint density at radius 1 is 1.23 bits per heavy atom. The van der Waals surface area contributed by atoms with Crippen LogP contribution in [0.25, 0.3) is 11.4 Å². The molecule has 118 valence electrons. The SMILES string of the molecule is Cn1c(CN2CCCC(C)(CO)C2)nnc1-c1ccccc1. The van der Waals surface area contributed by atoms with Crippen molar-refractivity contribution in [2.24, 2.45) is 12.5 Å². The third kappa shape index (κ3) is 3.05. The van der Waals surface area contributed by atoms with E-state index >= 15 is 0 Å². The highest BCUT2D eigenvalue weighted by molar-refractivity contribution is 5.54. The molecule has 22 heavy (non-hydrogen) atoms. The van der Waals surface area contributed by atoms with Crippen LogP contribution in [-0.4, -0.2) is 44.5 Å². The molecule has 2 aromatic rings. The second kappa shape index (κ2) is 6.18. The summed E-state index contributed by atoms with van der Waals surface area (Å²) in [7, 11) is 2.02. The molecule has 0 saturated carbocycles. The van der Waals surface area contributed by atoms with Crippen LogP contribution in [0.2, 0.25) is 0 Å². The summed E-state index contributed by atoms with van der Waals surface area (Å²) < 4.78 is 2.07. The standard InChI is InChI=1S/C17H24N4O/c1-17(13-22)9-6-10-21(12-17)11-15-18-19-16(20(15)2)14-7-4-3-5-8-14/h3-5,7-8,22H,6,9-13H2,1-2H3. The Morgan fingerprint density at radius 2 is 2.00 bits per heavy atom. The maximum Gasteiger partial charge on any atom is 0.163 e. The van der Waals surface area contributed by atoms with E-state index in [0.717, 1.165) is 49.7 Å². The molecular weight excluding hydrogens is 276 g/mol. The molecule has 1 N–H and O–H groups in total. The summed E-state index contributed by atoms with van der Waals surface area (Å²) in [5.74, 6) is 1.87. The van der Waals surface area contributed by atoms with E-state index in [-0.39, 0.29) is 12.0 Å². The largest absolute Gasteiger partial charge is 0.396 e. The molecule has 1 fully saturated rings. The van der Waals surface area contributed by atoms with Crippen molar-refractivity contribution < 1.29 is 5.11 Å². The summed E-state index contributed by atoms with van der Waals surface area (Å²) in [5, 5.41) is 18.3. The summed E-state index contributed by atoms with van der Waals surface area (Å²) in [6.45, 7) is 5.16. The number of benzene rings is 1. The van der Waals surface area contributed by atoms with Crippen molar-refractivity contribution in [3.05, 3.63) is 36.2 Å². The van der Waals surface area contributed by atoms with Gasteiger partial charge in [-0.25, -0.2) is 0 Å². The van der Waals surface area contributed by atoms with Crippen LogP contribution in [0.4, 0.5) is 0 Å². The summed E-state index contributed by atoms with van der Waals surface area (Å²) >= 11 is 0. The fourth-order valence-electron chi connectivity index (χ4n) is 3.23. The predicted octanol–water partition coefficient (Wildman–Crippen LogP) is 2.08. The highest BCUT2D eigenvalue weighted by Gasteiger charge is 2.30. The van der Waals surface area contributed by atoms with Crippen LogP contribution in [0.15, 0.2) is 30.3 Å². The van der Waals surface area contributed by atoms with Gasteiger partial charge in [0.2, 0.25) is 0 Å². The van der Waals surface area contributed by atoms with Crippen LogP contribution in [0.3, 0.4) is 0 Å². The average molecular weight is 300 g/mol. The first-order chi connectivity index (χ1) is 10.6. The summed E-state index contributed by atoms with van der Waals surface area (Å²) in [5.41, 5.74) is 1.10. The lowest BCUT2D eigenvalue weighted by atomic mass is 9.83. The third-order valence-corrected chi connectivity index (χ3v) is 4.60. The topological polar surface area (TPSA) is 54.2 Å². The maximum atomic E-state index is 9.58. The minimum absolute atomic E-state index is 0.0130. The van der Waals surface area contributed by atoms with Gasteiger partial charge in [0, 0.05) is 31.2 Å². The molecule has 3 rings (SSSR count). The summed E-state index contributed by atoms with van der Waals surface area (Å²) in [4.78, 5) is 2.37. The van der Waals surface area contributed by atoms with Crippen molar-refractivity contribution in [1.82, 2.24) is 19.7 Å². The van der Waals surface area contributed by atoms with Crippen molar-refractivity contribution in [3.63, 3.8) is 0 Å². The monoisotopic (exact) mass is 300 g/mol. The van der Waals surface area contributed by atoms with Crippen molar-refractivity contribution in [2.75, 3.05) is 19.7 Å². The Hall–Kier alpha value is -1.72. The van der Waals surface area contributed by atoms with Gasteiger partial charge < -0.3 is 9.67 Å². The molecule has 2 heterocycles. The second-order valence-corrected chi connectivity index (χ2v) is 6.65. The van der Waals surface area contributed by atoms with Crippen LogP contribution in [0.1, 0.15) is 25.6 Å². The van der Waals surface area contributed by atoms with Crippen LogP contribution < -0.4 is 0 Å². The lowest BCUT2D eigenvalue weighted by Crippen LogP contribution is -2.43. The van der Waals surface area contributed by atoms with Crippen LogP contribution >= 0.6 is 0 Å². The van der Waals surface area contributed by atoms with Crippen molar-refractivity contribution >= 4 is 0 Å². The molecule has 0 amide bonds. The van der Waals surface area contributed by atoms with Gasteiger partial charge in [-0.2, -0.15) is 0 Å². The minimum Gasteiger partial charge on any atom is -0.396 e. The molecule has 1 aromatic heterocycles. The lowest BCUT2D eigenvalue weighted by molar-refractivity contribution is 0.0413. The molecule has 1 aliphatic rings. The van der Waals surface area contributed by atoms with Gasteiger partial charge in [-0.1, -0.05) is 37.3 Å². The summed E-state index contributed by atoms with van der Waals surface area (Å²) in [6.07, 6.45) is 2.22. The number of likely N-dealkylation sites (tertiary alicyclic amines) is 1. The zero-order chi connectivity index (χ0) is 15.6. The number of aromatic nitrogens is 3. The van der Waals surface area contributed by atoms with Gasteiger partial charge >= 0.3 is 0 Å². The lowest BCUT2D eigenvalue weighted by Gasteiger charge is -2.39. The van der Waals surface area contributed by atoms with Crippen molar-refractivity contribution in [2.45, 2.75) is 26.3 Å². The highest BCUT2D eigenvalue weighted by atomic mass is 16.3. The quantitative estimate of drug-likeness (QED) is 0.939. The second-order valence-electron chi connectivity index (χ2n) is 6.65. The number of piperidine rings is 1. The minimum atomic E-state index is 0.0130.